The molecule has 0 atom stereocenters. The summed E-state index contributed by atoms with van der Waals surface area (Å²) in [5.41, 5.74) is 1.60. The zero-order valence-electron chi connectivity index (χ0n) is 18.3. The Balaban J connectivity index is 2.21. The predicted molar refractivity (Wildman–Crippen MR) is 117 cm³/mol. The number of fused-ring (bicyclic) bond motifs is 1. The van der Waals surface area contributed by atoms with Crippen LogP contribution in [0.4, 0.5) is 21.8 Å². The summed E-state index contributed by atoms with van der Waals surface area (Å²) in [5, 5.41) is 17.2. The summed E-state index contributed by atoms with van der Waals surface area (Å²) in [4.78, 5) is 22.9. The fourth-order valence-corrected chi connectivity index (χ4v) is 3.01. The van der Waals surface area contributed by atoms with E-state index in [-0.39, 0.29) is 23.1 Å². The number of hydrogen-bond donors (Lipinski definition) is 2. The van der Waals surface area contributed by atoms with Gasteiger partial charge in [-0.3, -0.25) is 4.68 Å². The fraction of sp³-hybridized carbons (Fsp3) is 0.429. The van der Waals surface area contributed by atoms with E-state index in [1.54, 1.807) is 19.1 Å². The number of anilines is 3. The summed E-state index contributed by atoms with van der Waals surface area (Å²) in [6.45, 7) is 8.73. The van der Waals surface area contributed by atoms with Gasteiger partial charge in [-0.05, 0) is 51.5 Å². The molecule has 2 aromatic heterocycles. The highest BCUT2D eigenvalue weighted by molar-refractivity contribution is 6.03. The molecule has 166 valence electrons. The Hall–Kier alpha value is -3.27. The normalized spacial score (nSPS) is 11.3. The van der Waals surface area contributed by atoms with Gasteiger partial charge in [-0.1, -0.05) is 0 Å². The third-order valence-electron chi connectivity index (χ3n) is 4.94. The molecule has 3 rings (SSSR count). The zero-order valence-corrected chi connectivity index (χ0v) is 18.3. The minimum absolute atomic E-state index is 0.0830. The summed E-state index contributed by atoms with van der Waals surface area (Å²) < 4.78 is 20.7. The smallest absolute Gasteiger partial charge is 0.358 e. The number of carboxylic acid groups (broad SMARTS) is 1. The molecule has 0 saturated carbocycles. The number of aryl methyl sites for hydroxylation is 1. The second kappa shape index (κ2) is 9.25. The van der Waals surface area contributed by atoms with E-state index in [1.807, 2.05) is 32.7 Å². The lowest BCUT2D eigenvalue weighted by Gasteiger charge is -2.22. The van der Waals surface area contributed by atoms with Crippen LogP contribution in [-0.2, 0) is 11.3 Å². The number of nitrogens with zero attached hydrogens (tertiary/aromatic N) is 5. The molecular weight excluding hydrogens is 403 g/mol. The topological polar surface area (TPSA) is 105 Å². The van der Waals surface area contributed by atoms with Crippen molar-refractivity contribution in [3.63, 3.8) is 0 Å². The number of carbonyl (C=O) groups is 1. The molecule has 31 heavy (non-hydrogen) atoms. The summed E-state index contributed by atoms with van der Waals surface area (Å²) in [6, 6.07) is 4.71. The van der Waals surface area contributed by atoms with Crippen LogP contribution in [0.15, 0.2) is 18.2 Å². The summed E-state index contributed by atoms with van der Waals surface area (Å²) in [6.07, 6.45) is 0. The molecule has 0 aliphatic heterocycles. The molecule has 0 fully saturated rings. The van der Waals surface area contributed by atoms with E-state index in [2.05, 4.69) is 20.4 Å². The summed E-state index contributed by atoms with van der Waals surface area (Å²) in [7, 11) is 1.83. The maximum atomic E-state index is 13.7. The number of rotatable bonds is 9. The molecule has 0 radical (unpaired) electrons. The highest BCUT2D eigenvalue weighted by Crippen LogP contribution is 2.29. The number of benzene rings is 1. The van der Waals surface area contributed by atoms with Gasteiger partial charge in [0.05, 0.1) is 13.2 Å². The van der Waals surface area contributed by atoms with E-state index in [0.29, 0.717) is 48.3 Å². The van der Waals surface area contributed by atoms with Crippen molar-refractivity contribution in [3.8, 4) is 0 Å². The van der Waals surface area contributed by atoms with Gasteiger partial charge >= 0.3 is 5.97 Å². The number of nitrogens with one attached hydrogen (secondary N) is 1. The van der Waals surface area contributed by atoms with Gasteiger partial charge < -0.3 is 20.1 Å². The van der Waals surface area contributed by atoms with Crippen molar-refractivity contribution in [2.45, 2.75) is 40.3 Å². The number of aromatic nitrogens is 4. The van der Waals surface area contributed by atoms with Crippen LogP contribution >= 0.6 is 0 Å². The number of halogens is 1. The summed E-state index contributed by atoms with van der Waals surface area (Å²) >= 11 is 0. The molecule has 0 spiro atoms. The van der Waals surface area contributed by atoms with Gasteiger partial charge in [0.25, 0.3) is 0 Å². The lowest BCUT2D eigenvalue weighted by molar-refractivity contribution is 0.0690. The first-order valence-corrected chi connectivity index (χ1v) is 10.1. The third-order valence-corrected chi connectivity index (χ3v) is 4.94. The lowest BCUT2D eigenvalue weighted by Crippen LogP contribution is -2.28. The van der Waals surface area contributed by atoms with Crippen LogP contribution in [-0.4, -0.2) is 57.1 Å². The highest BCUT2D eigenvalue weighted by atomic mass is 19.1. The molecule has 9 nitrogen and oxygen atoms in total. The number of hydrogen-bond acceptors (Lipinski definition) is 7. The molecule has 0 aliphatic carbocycles. The van der Waals surface area contributed by atoms with Crippen LogP contribution in [0.1, 0.15) is 36.8 Å². The Morgan fingerprint density at radius 2 is 2.10 bits per heavy atom. The SMILES string of the molecule is CCOCCn1nc(C(=O)O)c2nc(N(C)C(C)C)nc(Nc3ccc(F)c(C)c3)c21. The van der Waals surface area contributed by atoms with Gasteiger partial charge in [-0.2, -0.15) is 10.1 Å². The standard InChI is InChI=1S/C21H27FN6O3/c1-6-31-10-9-28-18-16(17(26-28)20(29)30)24-21(27(5)12(2)3)25-19(18)23-14-7-8-15(22)13(4)11-14/h7-8,11-12H,6,9-10H2,1-5H3,(H,29,30)(H,23,24,25). The summed E-state index contributed by atoms with van der Waals surface area (Å²) in [5.74, 6) is -0.750. The molecule has 10 heteroatoms. The van der Waals surface area contributed by atoms with Gasteiger partial charge in [0, 0.05) is 25.4 Å². The first kappa shape index (κ1) is 22.4. The molecule has 1 aromatic carbocycles. The van der Waals surface area contributed by atoms with E-state index in [0.717, 1.165) is 0 Å². The number of carboxylic acids is 1. The van der Waals surface area contributed by atoms with Gasteiger partial charge in [0.15, 0.2) is 11.5 Å². The van der Waals surface area contributed by atoms with Gasteiger partial charge in [0.1, 0.15) is 16.9 Å². The Morgan fingerprint density at radius 1 is 1.35 bits per heavy atom. The highest BCUT2D eigenvalue weighted by Gasteiger charge is 2.24. The van der Waals surface area contributed by atoms with Crippen LogP contribution in [0.25, 0.3) is 11.0 Å². The molecule has 2 heterocycles. The Bertz CT molecular complexity index is 1100. The number of aromatic carboxylic acids is 1. The first-order valence-electron chi connectivity index (χ1n) is 10.1. The van der Waals surface area contributed by atoms with Crippen molar-refractivity contribution in [1.29, 1.82) is 0 Å². The molecule has 0 amide bonds. The quantitative estimate of drug-likeness (QED) is 0.496. The second-order valence-corrected chi connectivity index (χ2v) is 7.44. The molecule has 0 aliphatic rings. The third kappa shape index (κ3) is 4.74. The minimum Gasteiger partial charge on any atom is -0.476 e. The average molecular weight is 430 g/mol. The maximum Gasteiger partial charge on any atom is 0.358 e. The van der Waals surface area contributed by atoms with Gasteiger partial charge in [0.2, 0.25) is 5.95 Å². The van der Waals surface area contributed by atoms with Crippen molar-refractivity contribution < 1.29 is 19.0 Å². The number of ether oxygens (including phenoxy) is 1. The monoisotopic (exact) mass is 430 g/mol. The van der Waals surface area contributed by atoms with Crippen LogP contribution in [0.3, 0.4) is 0 Å². The van der Waals surface area contributed by atoms with Gasteiger partial charge in [-0.15, -0.1) is 0 Å². The second-order valence-electron chi connectivity index (χ2n) is 7.44. The van der Waals surface area contributed by atoms with Crippen molar-refractivity contribution in [2.24, 2.45) is 0 Å². The average Bonchev–Trinajstić information content (AvgIpc) is 3.09. The first-order chi connectivity index (χ1) is 14.7. The van der Waals surface area contributed by atoms with Crippen molar-refractivity contribution >= 4 is 34.5 Å². The minimum atomic E-state index is -1.18. The maximum absolute atomic E-state index is 13.7. The molecule has 2 N–H and O–H groups in total. The van der Waals surface area contributed by atoms with E-state index < -0.39 is 5.97 Å². The van der Waals surface area contributed by atoms with Crippen LogP contribution < -0.4 is 10.2 Å². The van der Waals surface area contributed by atoms with Crippen LogP contribution in [0.5, 0.6) is 0 Å². The Kier molecular flexibility index (Phi) is 6.69. The van der Waals surface area contributed by atoms with Crippen LogP contribution in [0, 0.1) is 12.7 Å². The van der Waals surface area contributed by atoms with Crippen molar-refractivity contribution in [2.75, 3.05) is 30.5 Å². The largest absolute Gasteiger partial charge is 0.476 e. The Morgan fingerprint density at radius 3 is 2.71 bits per heavy atom. The van der Waals surface area contributed by atoms with E-state index in [1.165, 1.54) is 10.7 Å². The predicted octanol–water partition coefficient (Wildman–Crippen LogP) is 3.60. The molecule has 3 aromatic rings. The molecular formula is C21H27FN6O3. The Labute approximate surface area is 179 Å². The lowest BCUT2D eigenvalue weighted by atomic mass is 10.2. The van der Waals surface area contributed by atoms with Crippen molar-refractivity contribution in [1.82, 2.24) is 19.7 Å². The van der Waals surface area contributed by atoms with Crippen molar-refractivity contribution in [3.05, 3.63) is 35.3 Å². The molecule has 0 saturated heterocycles. The zero-order chi connectivity index (χ0) is 22.7. The van der Waals surface area contributed by atoms with E-state index in [4.69, 9.17) is 4.74 Å². The van der Waals surface area contributed by atoms with E-state index in [9.17, 15) is 14.3 Å². The molecule has 0 unspecified atom stereocenters. The van der Waals surface area contributed by atoms with E-state index >= 15 is 0 Å². The van der Waals surface area contributed by atoms with Crippen LogP contribution in [0.2, 0.25) is 0 Å². The fourth-order valence-electron chi connectivity index (χ4n) is 3.01. The molecule has 0 bridgehead atoms. The van der Waals surface area contributed by atoms with Gasteiger partial charge in [-0.25, -0.2) is 14.2 Å².